The van der Waals surface area contributed by atoms with Crippen LogP contribution in [0, 0.1) is 5.92 Å². The monoisotopic (exact) mass is 142 g/mol. The molecule has 1 nitrogen and oxygen atoms in total. The summed E-state index contributed by atoms with van der Waals surface area (Å²) in [4.78, 5) is 10.4. The maximum absolute atomic E-state index is 10.4. The van der Waals surface area contributed by atoms with Crippen molar-refractivity contribution in [2.45, 2.75) is 46.5 Å². The summed E-state index contributed by atoms with van der Waals surface area (Å²) in [5, 5.41) is 0. The fraction of sp³-hybridized carbons (Fsp3) is 0.889. The molecule has 0 aliphatic heterocycles. The molecule has 0 aromatic rings. The standard InChI is InChI=1S/C6H10O.C3H8/c1-5(7)6-3-2-4-6;1-3-2/h6H,2-4H2,1H3;3H2,1-2H3. The number of carbonyl (C=O) groups excluding carboxylic acids is 1. The van der Waals surface area contributed by atoms with Crippen LogP contribution in [0.5, 0.6) is 0 Å². The topological polar surface area (TPSA) is 17.1 Å². The minimum Gasteiger partial charge on any atom is -0.300 e. The Morgan fingerprint density at radius 3 is 1.80 bits per heavy atom. The van der Waals surface area contributed by atoms with Gasteiger partial charge in [-0.05, 0) is 19.8 Å². The van der Waals surface area contributed by atoms with Gasteiger partial charge in [-0.15, -0.1) is 0 Å². The molecule has 1 fully saturated rings. The van der Waals surface area contributed by atoms with Crippen molar-refractivity contribution in [2.24, 2.45) is 5.92 Å². The third-order valence-corrected chi connectivity index (χ3v) is 1.68. The second kappa shape index (κ2) is 5.45. The third-order valence-electron chi connectivity index (χ3n) is 1.68. The van der Waals surface area contributed by atoms with Crippen LogP contribution < -0.4 is 0 Å². The average molecular weight is 142 g/mol. The highest BCUT2D eigenvalue weighted by molar-refractivity contribution is 5.78. The molecule has 0 atom stereocenters. The quantitative estimate of drug-likeness (QED) is 0.550. The van der Waals surface area contributed by atoms with Crippen molar-refractivity contribution in [1.82, 2.24) is 0 Å². The number of Topliss-reactive ketones (excluding diaryl/α,β-unsaturated/α-hetero) is 1. The highest BCUT2D eigenvalue weighted by Gasteiger charge is 2.20. The van der Waals surface area contributed by atoms with Crippen LogP contribution >= 0.6 is 0 Å². The van der Waals surface area contributed by atoms with Crippen LogP contribution in [0.3, 0.4) is 0 Å². The molecular weight excluding hydrogens is 124 g/mol. The number of carbonyl (C=O) groups is 1. The maximum Gasteiger partial charge on any atom is 0.132 e. The van der Waals surface area contributed by atoms with Gasteiger partial charge in [0.15, 0.2) is 0 Å². The lowest BCUT2D eigenvalue weighted by Crippen LogP contribution is -2.18. The molecule has 0 radical (unpaired) electrons. The second-order valence-electron chi connectivity index (χ2n) is 2.95. The molecule has 0 aromatic heterocycles. The van der Waals surface area contributed by atoms with Gasteiger partial charge in [-0.3, -0.25) is 4.79 Å². The Hall–Kier alpha value is -0.330. The molecule has 1 heteroatoms. The Morgan fingerprint density at radius 1 is 1.40 bits per heavy atom. The zero-order valence-corrected chi connectivity index (χ0v) is 7.31. The van der Waals surface area contributed by atoms with E-state index < -0.39 is 0 Å². The smallest absolute Gasteiger partial charge is 0.132 e. The summed E-state index contributed by atoms with van der Waals surface area (Å²) in [6.07, 6.45) is 4.81. The van der Waals surface area contributed by atoms with E-state index in [9.17, 15) is 4.79 Å². The molecule has 0 amide bonds. The zero-order chi connectivity index (χ0) is 7.98. The van der Waals surface area contributed by atoms with Crippen molar-refractivity contribution in [3.8, 4) is 0 Å². The third kappa shape index (κ3) is 3.65. The lowest BCUT2D eigenvalue weighted by atomic mass is 9.83. The van der Waals surface area contributed by atoms with Gasteiger partial charge < -0.3 is 0 Å². The van der Waals surface area contributed by atoms with E-state index in [1.165, 1.54) is 12.8 Å². The molecule has 10 heavy (non-hydrogen) atoms. The van der Waals surface area contributed by atoms with E-state index in [4.69, 9.17) is 0 Å². The van der Waals surface area contributed by atoms with Crippen LogP contribution in [0.25, 0.3) is 0 Å². The van der Waals surface area contributed by atoms with Gasteiger partial charge in [0, 0.05) is 5.92 Å². The number of hydrogen-bond acceptors (Lipinski definition) is 1. The van der Waals surface area contributed by atoms with Crippen LogP contribution in [-0.4, -0.2) is 5.78 Å². The summed E-state index contributed by atoms with van der Waals surface area (Å²) < 4.78 is 0. The molecule has 0 saturated heterocycles. The van der Waals surface area contributed by atoms with Crippen molar-refractivity contribution >= 4 is 5.78 Å². The van der Waals surface area contributed by atoms with Gasteiger partial charge in [0.2, 0.25) is 0 Å². The summed E-state index contributed by atoms with van der Waals surface area (Å²) in [6.45, 7) is 5.93. The summed E-state index contributed by atoms with van der Waals surface area (Å²) in [5.41, 5.74) is 0. The van der Waals surface area contributed by atoms with Gasteiger partial charge in [-0.25, -0.2) is 0 Å². The number of hydrogen-bond donors (Lipinski definition) is 0. The lowest BCUT2D eigenvalue weighted by molar-refractivity contribution is -0.122. The van der Waals surface area contributed by atoms with Gasteiger partial charge >= 0.3 is 0 Å². The Bertz CT molecular complexity index is 92.9. The molecule has 1 rings (SSSR count). The molecular formula is C9H18O. The van der Waals surface area contributed by atoms with Gasteiger partial charge in [0.05, 0.1) is 0 Å². The first-order chi connectivity index (χ1) is 4.72. The summed E-state index contributed by atoms with van der Waals surface area (Å²) >= 11 is 0. The molecule has 1 aliphatic carbocycles. The van der Waals surface area contributed by atoms with Crippen LogP contribution in [0.4, 0.5) is 0 Å². The number of rotatable bonds is 1. The predicted octanol–water partition coefficient (Wildman–Crippen LogP) is 2.79. The SMILES string of the molecule is CC(=O)C1CCC1.CCC. The van der Waals surface area contributed by atoms with Crippen molar-refractivity contribution in [3.63, 3.8) is 0 Å². The Kier molecular flexibility index (Phi) is 5.27. The fourth-order valence-corrected chi connectivity index (χ4v) is 0.815. The summed E-state index contributed by atoms with van der Waals surface area (Å²) in [6, 6.07) is 0. The van der Waals surface area contributed by atoms with Crippen LogP contribution in [0.2, 0.25) is 0 Å². The molecule has 60 valence electrons. The predicted molar refractivity (Wildman–Crippen MR) is 44.0 cm³/mol. The maximum atomic E-state index is 10.4. The highest BCUT2D eigenvalue weighted by atomic mass is 16.1. The van der Waals surface area contributed by atoms with Gasteiger partial charge in [-0.1, -0.05) is 26.7 Å². The Morgan fingerprint density at radius 2 is 1.80 bits per heavy atom. The van der Waals surface area contributed by atoms with Crippen LogP contribution in [-0.2, 0) is 4.79 Å². The van der Waals surface area contributed by atoms with Crippen molar-refractivity contribution in [1.29, 1.82) is 0 Å². The molecule has 1 aliphatic rings. The van der Waals surface area contributed by atoms with Crippen molar-refractivity contribution < 1.29 is 4.79 Å². The van der Waals surface area contributed by atoms with Gasteiger partial charge in [-0.2, -0.15) is 0 Å². The minimum atomic E-state index is 0.381. The molecule has 0 unspecified atom stereocenters. The van der Waals surface area contributed by atoms with E-state index >= 15 is 0 Å². The first kappa shape index (κ1) is 9.67. The van der Waals surface area contributed by atoms with Gasteiger partial charge in [0.1, 0.15) is 5.78 Å². The highest BCUT2D eigenvalue weighted by Crippen LogP contribution is 2.26. The molecule has 1 saturated carbocycles. The molecule has 0 spiro atoms. The Labute approximate surface area is 63.8 Å². The first-order valence-corrected chi connectivity index (χ1v) is 4.22. The van der Waals surface area contributed by atoms with Crippen LogP contribution in [0.15, 0.2) is 0 Å². The Balaban J connectivity index is 0.000000236. The second-order valence-corrected chi connectivity index (χ2v) is 2.95. The van der Waals surface area contributed by atoms with E-state index in [1.54, 1.807) is 6.92 Å². The van der Waals surface area contributed by atoms with E-state index in [2.05, 4.69) is 13.8 Å². The first-order valence-electron chi connectivity index (χ1n) is 4.22. The summed E-state index contributed by atoms with van der Waals surface area (Å²) in [5.74, 6) is 0.825. The summed E-state index contributed by atoms with van der Waals surface area (Å²) in [7, 11) is 0. The van der Waals surface area contributed by atoms with E-state index in [-0.39, 0.29) is 0 Å². The lowest BCUT2D eigenvalue weighted by Gasteiger charge is -2.21. The van der Waals surface area contributed by atoms with Crippen LogP contribution in [0.1, 0.15) is 46.5 Å². The zero-order valence-electron chi connectivity index (χ0n) is 7.31. The molecule has 0 bridgehead atoms. The van der Waals surface area contributed by atoms with E-state index in [0.29, 0.717) is 11.7 Å². The number of ketones is 1. The van der Waals surface area contributed by atoms with Crippen molar-refractivity contribution in [2.75, 3.05) is 0 Å². The minimum absolute atomic E-state index is 0.381. The fourth-order valence-electron chi connectivity index (χ4n) is 0.815. The molecule has 0 heterocycles. The molecule has 0 N–H and O–H groups in total. The van der Waals surface area contributed by atoms with E-state index in [1.807, 2.05) is 0 Å². The average Bonchev–Trinajstić information content (AvgIpc) is 1.59. The largest absolute Gasteiger partial charge is 0.300 e. The van der Waals surface area contributed by atoms with Gasteiger partial charge in [0.25, 0.3) is 0 Å². The van der Waals surface area contributed by atoms with Crippen molar-refractivity contribution in [3.05, 3.63) is 0 Å². The molecule has 0 aromatic carbocycles. The van der Waals surface area contributed by atoms with E-state index in [0.717, 1.165) is 12.8 Å². The normalized spacial score (nSPS) is 16.7.